The van der Waals surface area contributed by atoms with Gasteiger partial charge in [0.2, 0.25) is 0 Å². The summed E-state index contributed by atoms with van der Waals surface area (Å²) in [6.45, 7) is 3.41. The lowest BCUT2D eigenvalue weighted by molar-refractivity contribution is -0.140. The number of rotatable bonds is 1. The van der Waals surface area contributed by atoms with Gasteiger partial charge in [0.1, 0.15) is 0 Å². The van der Waals surface area contributed by atoms with E-state index in [2.05, 4.69) is 0 Å². The van der Waals surface area contributed by atoms with Gasteiger partial charge >= 0.3 is 0 Å². The van der Waals surface area contributed by atoms with Gasteiger partial charge < -0.3 is 5.73 Å². The second kappa shape index (κ2) is 3.45. The summed E-state index contributed by atoms with van der Waals surface area (Å²) in [4.78, 5) is 25.1. The Hall–Kier alpha value is -1.16. The third kappa shape index (κ3) is 1.40. The fourth-order valence-corrected chi connectivity index (χ4v) is 2.37. The summed E-state index contributed by atoms with van der Waals surface area (Å²) in [5.41, 5.74) is 7.05. The normalized spacial score (nSPS) is 32.1. The number of hydrogen-bond donors (Lipinski definition) is 1. The number of hydrogen-bond acceptors (Lipinski definition) is 3. The number of carbonyl (C=O) groups is 2. The maximum Gasteiger partial charge on any atom is 0.257 e. The first-order valence-corrected chi connectivity index (χ1v) is 5.35. The summed E-state index contributed by atoms with van der Waals surface area (Å²) in [6, 6.07) is -0.131. The molecule has 0 saturated heterocycles. The first-order chi connectivity index (χ1) is 7.04. The first-order valence-electron chi connectivity index (χ1n) is 5.35. The summed E-state index contributed by atoms with van der Waals surface area (Å²) >= 11 is 0. The Labute approximate surface area is 89.1 Å². The van der Waals surface area contributed by atoms with Crippen LogP contribution in [0.5, 0.6) is 0 Å². The van der Waals surface area contributed by atoms with Crippen molar-refractivity contribution in [1.29, 1.82) is 0 Å². The molecular formula is C11H16N2O2. The van der Waals surface area contributed by atoms with Crippen molar-refractivity contribution in [2.75, 3.05) is 0 Å². The summed E-state index contributed by atoms with van der Waals surface area (Å²) in [6.07, 6.45) is 2.75. The number of amides is 2. The molecule has 15 heavy (non-hydrogen) atoms. The van der Waals surface area contributed by atoms with Crippen molar-refractivity contribution in [3.63, 3.8) is 0 Å². The zero-order valence-electron chi connectivity index (χ0n) is 9.12. The molecule has 0 bridgehead atoms. The van der Waals surface area contributed by atoms with Gasteiger partial charge in [-0.2, -0.15) is 0 Å². The van der Waals surface area contributed by atoms with Crippen LogP contribution in [0.3, 0.4) is 0 Å². The summed E-state index contributed by atoms with van der Waals surface area (Å²) in [5, 5.41) is 0. The molecule has 0 radical (unpaired) electrons. The largest absolute Gasteiger partial charge is 0.326 e. The van der Waals surface area contributed by atoms with E-state index < -0.39 is 0 Å². The van der Waals surface area contributed by atoms with E-state index >= 15 is 0 Å². The van der Waals surface area contributed by atoms with Crippen LogP contribution in [0.4, 0.5) is 0 Å². The highest BCUT2D eigenvalue weighted by molar-refractivity contribution is 6.19. The third-order valence-corrected chi connectivity index (χ3v) is 3.50. The molecule has 2 aliphatic rings. The second-order valence-corrected chi connectivity index (χ2v) is 4.39. The highest BCUT2D eigenvalue weighted by atomic mass is 16.2. The van der Waals surface area contributed by atoms with E-state index in [1.807, 2.05) is 0 Å². The van der Waals surface area contributed by atoms with E-state index in [1.165, 1.54) is 4.90 Å². The Bertz CT molecular complexity index is 336. The minimum absolute atomic E-state index is 0.0448. The van der Waals surface area contributed by atoms with Crippen LogP contribution in [0.15, 0.2) is 11.1 Å². The molecule has 0 spiro atoms. The molecule has 1 saturated carbocycles. The molecule has 1 fully saturated rings. The Kier molecular flexibility index (Phi) is 2.38. The summed E-state index contributed by atoms with van der Waals surface area (Å²) in [7, 11) is 0. The lowest BCUT2D eigenvalue weighted by Crippen LogP contribution is -2.48. The topological polar surface area (TPSA) is 63.4 Å². The van der Waals surface area contributed by atoms with Crippen LogP contribution in [-0.2, 0) is 9.59 Å². The molecule has 0 aromatic rings. The van der Waals surface area contributed by atoms with Crippen molar-refractivity contribution in [2.24, 2.45) is 5.73 Å². The Balaban J connectivity index is 2.26. The van der Waals surface area contributed by atoms with Gasteiger partial charge in [-0.1, -0.05) is 0 Å². The van der Waals surface area contributed by atoms with Crippen molar-refractivity contribution in [3.05, 3.63) is 11.1 Å². The number of carbonyl (C=O) groups excluding carboxylic acids is 2. The molecule has 1 aliphatic carbocycles. The fraction of sp³-hybridized carbons (Fsp3) is 0.636. The van der Waals surface area contributed by atoms with E-state index in [1.54, 1.807) is 13.8 Å². The van der Waals surface area contributed by atoms with Gasteiger partial charge in [-0.25, -0.2) is 0 Å². The van der Waals surface area contributed by atoms with E-state index in [0.29, 0.717) is 11.1 Å². The minimum atomic E-state index is -0.153. The zero-order chi connectivity index (χ0) is 11.2. The molecule has 82 valence electrons. The quantitative estimate of drug-likeness (QED) is 0.641. The molecule has 1 aliphatic heterocycles. The van der Waals surface area contributed by atoms with E-state index in [9.17, 15) is 9.59 Å². The maximum absolute atomic E-state index is 11.9. The lowest BCUT2D eigenvalue weighted by atomic mass is 10.1. The van der Waals surface area contributed by atoms with Crippen molar-refractivity contribution >= 4 is 11.8 Å². The molecule has 4 nitrogen and oxygen atoms in total. The molecule has 1 heterocycles. The average Bonchev–Trinajstić information content (AvgIpc) is 2.68. The van der Waals surface area contributed by atoms with E-state index in [0.717, 1.165) is 19.3 Å². The molecule has 4 heteroatoms. The molecule has 0 aromatic carbocycles. The van der Waals surface area contributed by atoms with Crippen LogP contribution in [0.25, 0.3) is 0 Å². The van der Waals surface area contributed by atoms with Crippen LogP contribution < -0.4 is 5.73 Å². The van der Waals surface area contributed by atoms with Gasteiger partial charge in [-0.15, -0.1) is 0 Å². The van der Waals surface area contributed by atoms with Crippen molar-refractivity contribution < 1.29 is 9.59 Å². The monoisotopic (exact) mass is 208 g/mol. The van der Waals surface area contributed by atoms with Crippen LogP contribution >= 0.6 is 0 Å². The average molecular weight is 208 g/mol. The number of nitrogens with zero attached hydrogens (tertiary/aromatic N) is 1. The SMILES string of the molecule is CC1=C(C)C(=O)N(C2CCCC2N)C1=O. The van der Waals surface area contributed by atoms with Crippen molar-refractivity contribution in [1.82, 2.24) is 4.90 Å². The van der Waals surface area contributed by atoms with Crippen molar-refractivity contribution in [2.45, 2.75) is 45.2 Å². The fourth-order valence-electron chi connectivity index (χ4n) is 2.37. The predicted octanol–water partition coefficient (Wildman–Crippen LogP) is 0.571. The molecule has 2 N–H and O–H groups in total. The van der Waals surface area contributed by atoms with E-state index in [4.69, 9.17) is 5.73 Å². The molecular weight excluding hydrogens is 192 g/mol. The highest BCUT2D eigenvalue weighted by Gasteiger charge is 2.42. The Morgan fingerprint density at radius 2 is 1.67 bits per heavy atom. The Morgan fingerprint density at radius 1 is 1.13 bits per heavy atom. The van der Waals surface area contributed by atoms with Gasteiger partial charge in [0, 0.05) is 17.2 Å². The zero-order valence-corrected chi connectivity index (χ0v) is 9.12. The molecule has 2 rings (SSSR count). The van der Waals surface area contributed by atoms with Crippen molar-refractivity contribution in [3.8, 4) is 0 Å². The highest BCUT2D eigenvalue weighted by Crippen LogP contribution is 2.29. The van der Waals surface area contributed by atoms with Crippen LogP contribution in [-0.4, -0.2) is 28.8 Å². The molecule has 2 atom stereocenters. The van der Waals surface area contributed by atoms with Crippen LogP contribution in [0.2, 0.25) is 0 Å². The van der Waals surface area contributed by atoms with Crippen LogP contribution in [0, 0.1) is 0 Å². The van der Waals surface area contributed by atoms with E-state index in [-0.39, 0.29) is 23.9 Å². The van der Waals surface area contributed by atoms with Gasteiger partial charge in [0.15, 0.2) is 0 Å². The molecule has 2 amide bonds. The second-order valence-electron chi connectivity index (χ2n) is 4.39. The number of imide groups is 1. The molecule has 2 unspecified atom stereocenters. The minimum Gasteiger partial charge on any atom is -0.326 e. The maximum atomic E-state index is 11.9. The first kappa shape index (κ1) is 10.4. The number of nitrogens with two attached hydrogens (primary N) is 1. The predicted molar refractivity (Wildman–Crippen MR) is 55.8 cm³/mol. The van der Waals surface area contributed by atoms with Gasteiger partial charge in [0.05, 0.1) is 6.04 Å². The smallest absolute Gasteiger partial charge is 0.257 e. The third-order valence-electron chi connectivity index (χ3n) is 3.50. The lowest BCUT2D eigenvalue weighted by Gasteiger charge is -2.26. The van der Waals surface area contributed by atoms with Crippen LogP contribution in [0.1, 0.15) is 33.1 Å². The van der Waals surface area contributed by atoms with Gasteiger partial charge in [-0.3, -0.25) is 14.5 Å². The van der Waals surface area contributed by atoms with Gasteiger partial charge in [-0.05, 0) is 33.1 Å². The summed E-state index contributed by atoms with van der Waals surface area (Å²) < 4.78 is 0. The Morgan fingerprint density at radius 3 is 2.07 bits per heavy atom. The standard InChI is InChI=1S/C11H16N2O2/c1-6-7(2)11(15)13(10(6)14)9-5-3-4-8(9)12/h8-9H,3-5,12H2,1-2H3. The summed E-state index contributed by atoms with van der Waals surface area (Å²) in [5.74, 6) is -0.306. The van der Waals surface area contributed by atoms with Gasteiger partial charge in [0.25, 0.3) is 11.8 Å². The molecule has 0 aromatic heterocycles.